The van der Waals surface area contributed by atoms with Crippen LogP contribution in [0.2, 0.25) is 0 Å². The van der Waals surface area contributed by atoms with Crippen LogP contribution in [-0.2, 0) is 0 Å². The molecule has 0 bridgehead atoms. The second-order valence-electron chi connectivity index (χ2n) is 4.69. The van der Waals surface area contributed by atoms with Crippen molar-refractivity contribution in [2.45, 2.75) is 37.8 Å². The minimum Gasteiger partial charge on any atom is -0.338 e. The first-order valence-electron chi connectivity index (χ1n) is 6.20. The van der Waals surface area contributed by atoms with E-state index in [9.17, 15) is 4.79 Å². The van der Waals surface area contributed by atoms with Crippen LogP contribution in [0.25, 0.3) is 0 Å². The van der Waals surface area contributed by atoms with Gasteiger partial charge in [0.15, 0.2) is 0 Å². The van der Waals surface area contributed by atoms with Crippen LogP contribution in [0, 0.1) is 0 Å². The first-order valence-corrected chi connectivity index (χ1v) is 7.08. The van der Waals surface area contributed by atoms with Gasteiger partial charge in [0.2, 0.25) is 0 Å². The Hall–Kier alpha value is -0.870. The molecule has 0 unspecified atom stereocenters. The summed E-state index contributed by atoms with van der Waals surface area (Å²) in [5, 5.41) is 5.28. The van der Waals surface area contributed by atoms with Gasteiger partial charge in [-0.2, -0.15) is 0 Å². The van der Waals surface area contributed by atoms with Crippen molar-refractivity contribution in [1.29, 1.82) is 0 Å². The molecule has 94 valence electrons. The molecule has 0 aliphatic heterocycles. The van der Waals surface area contributed by atoms with Crippen molar-refractivity contribution < 1.29 is 4.79 Å². The molecule has 1 saturated carbocycles. The number of hydrogen-bond donors (Lipinski definition) is 1. The fourth-order valence-electron chi connectivity index (χ4n) is 2.49. The topological polar surface area (TPSA) is 32.3 Å². The summed E-state index contributed by atoms with van der Waals surface area (Å²) in [7, 11) is 3.96. The number of rotatable bonds is 3. The molecule has 1 N–H and O–H groups in total. The van der Waals surface area contributed by atoms with Crippen molar-refractivity contribution in [3.63, 3.8) is 0 Å². The van der Waals surface area contributed by atoms with Crippen molar-refractivity contribution in [2.75, 3.05) is 14.1 Å². The zero-order chi connectivity index (χ0) is 12.3. The Morgan fingerprint density at radius 3 is 2.65 bits per heavy atom. The van der Waals surface area contributed by atoms with Gasteiger partial charge >= 0.3 is 0 Å². The predicted octanol–water partition coefficient (Wildman–Crippen LogP) is 2.35. The summed E-state index contributed by atoms with van der Waals surface area (Å²) in [6, 6.07) is 4.89. The standard InChI is InChI=1S/C13H20N2OS/c1-14-10-5-7-11(8-6-10)15(2)13(16)12-4-3-9-17-12/h3-4,9-11,14H,5-8H2,1-2H3. The van der Waals surface area contributed by atoms with Gasteiger partial charge in [-0.25, -0.2) is 0 Å². The Morgan fingerprint density at radius 1 is 1.41 bits per heavy atom. The molecule has 1 aromatic heterocycles. The van der Waals surface area contributed by atoms with Gasteiger partial charge in [-0.15, -0.1) is 11.3 Å². The SMILES string of the molecule is CNC1CCC(N(C)C(=O)c2cccs2)CC1. The molecular formula is C13H20N2OS. The molecule has 0 radical (unpaired) electrons. The quantitative estimate of drug-likeness (QED) is 0.895. The van der Waals surface area contributed by atoms with E-state index in [1.807, 2.05) is 36.5 Å². The summed E-state index contributed by atoms with van der Waals surface area (Å²) >= 11 is 1.52. The summed E-state index contributed by atoms with van der Waals surface area (Å²) in [5.74, 6) is 0.174. The van der Waals surface area contributed by atoms with Crippen LogP contribution >= 0.6 is 11.3 Å². The summed E-state index contributed by atoms with van der Waals surface area (Å²) in [4.78, 5) is 15.0. The van der Waals surface area contributed by atoms with E-state index in [1.165, 1.54) is 24.2 Å². The molecule has 0 spiro atoms. The van der Waals surface area contributed by atoms with E-state index in [2.05, 4.69) is 5.32 Å². The number of carbonyl (C=O) groups excluding carboxylic acids is 1. The van der Waals surface area contributed by atoms with Crippen LogP contribution in [0.5, 0.6) is 0 Å². The molecule has 2 rings (SSSR count). The van der Waals surface area contributed by atoms with E-state index in [0.29, 0.717) is 12.1 Å². The first-order chi connectivity index (χ1) is 8.22. The lowest BCUT2D eigenvalue weighted by molar-refractivity contribution is 0.0690. The predicted molar refractivity (Wildman–Crippen MR) is 71.5 cm³/mol. The van der Waals surface area contributed by atoms with E-state index in [4.69, 9.17) is 0 Å². The monoisotopic (exact) mass is 252 g/mol. The fourth-order valence-corrected chi connectivity index (χ4v) is 3.20. The molecule has 1 aliphatic carbocycles. The highest BCUT2D eigenvalue weighted by atomic mass is 32.1. The maximum Gasteiger partial charge on any atom is 0.263 e. The first kappa shape index (κ1) is 12.6. The highest BCUT2D eigenvalue weighted by molar-refractivity contribution is 7.12. The summed E-state index contributed by atoms with van der Waals surface area (Å²) < 4.78 is 0. The van der Waals surface area contributed by atoms with Gasteiger partial charge in [0.05, 0.1) is 4.88 Å². The molecule has 1 amide bonds. The minimum atomic E-state index is 0.174. The highest BCUT2D eigenvalue weighted by Gasteiger charge is 2.26. The number of amides is 1. The average Bonchev–Trinajstić information content (AvgIpc) is 2.91. The highest BCUT2D eigenvalue weighted by Crippen LogP contribution is 2.24. The number of thiophene rings is 1. The van der Waals surface area contributed by atoms with Gasteiger partial charge in [0, 0.05) is 19.1 Å². The molecule has 17 heavy (non-hydrogen) atoms. The van der Waals surface area contributed by atoms with Crippen LogP contribution in [0.3, 0.4) is 0 Å². The Labute approximate surface area is 107 Å². The molecule has 1 aliphatic rings. The molecule has 1 aromatic rings. The smallest absolute Gasteiger partial charge is 0.263 e. The van der Waals surface area contributed by atoms with Crippen LogP contribution in [-0.4, -0.2) is 37.0 Å². The second-order valence-corrected chi connectivity index (χ2v) is 5.64. The third-order valence-electron chi connectivity index (χ3n) is 3.70. The normalized spacial score (nSPS) is 24.6. The van der Waals surface area contributed by atoms with Crippen molar-refractivity contribution in [1.82, 2.24) is 10.2 Å². The third kappa shape index (κ3) is 2.87. The summed E-state index contributed by atoms with van der Waals surface area (Å²) in [6.45, 7) is 0. The molecule has 0 aromatic carbocycles. The third-order valence-corrected chi connectivity index (χ3v) is 4.56. The van der Waals surface area contributed by atoms with Crippen LogP contribution in [0.4, 0.5) is 0 Å². The Balaban J connectivity index is 1.92. The van der Waals surface area contributed by atoms with E-state index < -0.39 is 0 Å². The average molecular weight is 252 g/mol. The zero-order valence-corrected chi connectivity index (χ0v) is 11.3. The number of carbonyl (C=O) groups is 1. The van der Waals surface area contributed by atoms with Crippen LogP contribution < -0.4 is 5.32 Å². The van der Waals surface area contributed by atoms with Crippen molar-refractivity contribution in [3.8, 4) is 0 Å². The van der Waals surface area contributed by atoms with Crippen LogP contribution in [0.15, 0.2) is 17.5 Å². The van der Waals surface area contributed by atoms with Crippen molar-refractivity contribution in [3.05, 3.63) is 22.4 Å². The van der Waals surface area contributed by atoms with E-state index in [1.54, 1.807) is 0 Å². The van der Waals surface area contributed by atoms with E-state index in [0.717, 1.165) is 17.7 Å². The largest absolute Gasteiger partial charge is 0.338 e. The van der Waals surface area contributed by atoms with Gasteiger partial charge < -0.3 is 10.2 Å². The van der Waals surface area contributed by atoms with Crippen molar-refractivity contribution >= 4 is 17.2 Å². The summed E-state index contributed by atoms with van der Waals surface area (Å²) in [5.41, 5.74) is 0. The van der Waals surface area contributed by atoms with Gasteiger partial charge in [0.1, 0.15) is 0 Å². The fraction of sp³-hybridized carbons (Fsp3) is 0.615. The molecule has 0 saturated heterocycles. The molecular weight excluding hydrogens is 232 g/mol. The Bertz CT molecular complexity index is 356. The van der Waals surface area contributed by atoms with Gasteiger partial charge in [-0.05, 0) is 44.2 Å². The van der Waals surface area contributed by atoms with E-state index in [-0.39, 0.29) is 5.91 Å². The summed E-state index contributed by atoms with van der Waals surface area (Å²) in [6.07, 6.45) is 4.56. The number of nitrogens with one attached hydrogen (secondary N) is 1. The van der Waals surface area contributed by atoms with Crippen molar-refractivity contribution in [2.24, 2.45) is 0 Å². The van der Waals surface area contributed by atoms with Gasteiger partial charge in [-0.1, -0.05) is 6.07 Å². The lowest BCUT2D eigenvalue weighted by atomic mass is 9.90. The van der Waals surface area contributed by atoms with Crippen LogP contribution in [0.1, 0.15) is 35.4 Å². The maximum atomic E-state index is 12.2. The zero-order valence-electron chi connectivity index (χ0n) is 10.5. The molecule has 1 heterocycles. The molecule has 4 heteroatoms. The second kappa shape index (κ2) is 5.65. The van der Waals surface area contributed by atoms with E-state index >= 15 is 0 Å². The minimum absolute atomic E-state index is 0.174. The molecule has 1 fully saturated rings. The lowest BCUT2D eigenvalue weighted by Gasteiger charge is -2.34. The number of nitrogens with zero attached hydrogens (tertiary/aromatic N) is 1. The molecule has 0 atom stereocenters. The molecule has 3 nitrogen and oxygen atoms in total. The Kier molecular flexibility index (Phi) is 4.18. The maximum absolute atomic E-state index is 12.2. The van der Waals surface area contributed by atoms with Gasteiger partial charge in [0.25, 0.3) is 5.91 Å². The lowest BCUT2D eigenvalue weighted by Crippen LogP contribution is -2.42. The Morgan fingerprint density at radius 2 is 2.12 bits per heavy atom. The van der Waals surface area contributed by atoms with Gasteiger partial charge in [-0.3, -0.25) is 4.79 Å². The number of hydrogen-bond acceptors (Lipinski definition) is 3.